The summed E-state index contributed by atoms with van der Waals surface area (Å²) < 4.78 is 0. The van der Waals surface area contributed by atoms with Crippen molar-refractivity contribution in [2.75, 3.05) is 56.8 Å². The fraction of sp³-hybridized carbons (Fsp3) is 0.724. The van der Waals surface area contributed by atoms with Crippen LogP contribution in [0.2, 0.25) is 0 Å². The van der Waals surface area contributed by atoms with E-state index in [4.69, 9.17) is 34.4 Å². The molecule has 1 rings (SSSR count). The number of carbonyl (C=O) groups is 14. The first-order valence-corrected chi connectivity index (χ1v) is 42.7. The van der Waals surface area contributed by atoms with Crippen LogP contribution in [0, 0.1) is 5.92 Å². The topological polar surface area (TPSA) is 613 Å². The van der Waals surface area contributed by atoms with Crippen molar-refractivity contribution in [2.24, 2.45) is 45.3 Å². The summed E-state index contributed by atoms with van der Waals surface area (Å²) in [6, 6.07) is -10.2. The summed E-state index contributed by atoms with van der Waals surface area (Å²) in [5.41, 5.74) is 34.1. The first kappa shape index (κ1) is 103. The fourth-order valence-corrected chi connectivity index (χ4v) is 12.8. The van der Waals surface area contributed by atoms with Crippen LogP contribution < -0.4 is 98.2 Å². The minimum atomic E-state index is -1.78. The maximum Gasteiger partial charge on any atom is 0.245 e. The van der Waals surface area contributed by atoms with Gasteiger partial charge in [0.15, 0.2) is 5.96 Å². The van der Waals surface area contributed by atoms with Crippen LogP contribution in [0.4, 0.5) is 0 Å². The lowest BCUT2D eigenvalue weighted by Gasteiger charge is -2.29. The molecule has 648 valence electrons. The molecule has 0 heterocycles. The van der Waals surface area contributed by atoms with E-state index < -0.39 is 175 Å². The Hall–Kier alpha value is -8.59. The molecule has 1 aromatic carbocycles. The zero-order chi connectivity index (χ0) is 85.5. The predicted molar refractivity (Wildman–Crippen MR) is 440 cm³/mol. The van der Waals surface area contributed by atoms with Crippen LogP contribution in [0.25, 0.3) is 0 Å². The van der Waals surface area contributed by atoms with Crippen molar-refractivity contribution >= 4 is 112 Å². The second-order valence-corrected chi connectivity index (χ2v) is 31.0. The molecule has 14 amide bonds. The van der Waals surface area contributed by atoms with E-state index in [0.29, 0.717) is 30.6 Å². The number of unbranched alkanes of at least 4 members (excludes halogenated alkanes) is 14. The molecular formula is C76H135N19O17S2. The Bertz CT molecular complexity index is 3140. The number of nitrogens with zero attached hydrogens (tertiary/aromatic N) is 1. The Morgan fingerprint density at radius 1 is 0.430 bits per heavy atom. The van der Waals surface area contributed by atoms with Gasteiger partial charge in [-0.2, -0.15) is 23.5 Å². The number of nitrogens with one attached hydrogen (secondary N) is 12. The SMILES string of the molecule is CCCCCCCCCCCCCCCC(=O)N[C@@H](CCSC)C(=O)NCC(=O)N[C@@H](Cc1ccc(O)cc1)C(=O)N[C@@H](CCC(N)=O)C(=O)N[C@@H](CCCCN)C(=O)N[C@@H](CCCCN)C(=O)N[C@@H](CC(C)C)C(=O)N[C@@H](CCCN=C(N)N)C(=O)N[C@@H](CO)C(=O)N[C@@H](CCSC)C(=O)N[C@H](C(=O)N[C@@H](C)C(N)=O)[C@@H](C)O. The zero-order valence-corrected chi connectivity index (χ0v) is 69.5. The largest absolute Gasteiger partial charge is 0.508 e. The van der Waals surface area contributed by atoms with Gasteiger partial charge in [0.05, 0.1) is 19.3 Å². The number of aromatic hydroxyl groups is 1. The third-order valence-corrected chi connectivity index (χ3v) is 19.8. The van der Waals surface area contributed by atoms with Crippen LogP contribution in [0.1, 0.15) is 214 Å². The third kappa shape index (κ3) is 46.1. The van der Waals surface area contributed by atoms with E-state index in [9.17, 15) is 82.4 Å². The summed E-state index contributed by atoms with van der Waals surface area (Å²) >= 11 is 2.76. The van der Waals surface area contributed by atoms with Crippen molar-refractivity contribution in [3.8, 4) is 5.75 Å². The van der Waals surface area contributed by atoms with Gasteiger partial charge in [0.2, 0.25) is 82.7 Å². The molecule has 1 aromatic rings. The van der Waals surface area contributed by atoms with Crippen molar-refractivity contribution in [3.63, 3.8) is 0 Å². The minimum Gasteiger partial charge on any atom is -0.508 e. The van der Waals surface area contributed by atoms with E-state index in [2.05, 4.69) is 75.7 Å². The number of aliphatic hydroxyl groups is 2. The highest BCUT2D eigenvalue weighted by atomic mass is 32.2. The standard InChI is InChI=1S/C76H135N19O17S2/c1-8-9-10-11-12-13-14-15-16-17-18-19-20-29-62(100)86-56(36-41-113-6)66(103)84-45-63(101)87-59(44-50-30-32-51(98)33-31-50)73(110)91-55(34-35-61(79)99)70(107)89-52(26-21-23-38-77)67(104)88-53(27-22-24-39-78)68(105)93-58(43-47(2)3)72(109)90-54(28-25-40-83-76(81)82)69(106)94-60(46-96)74(111)92-57(37-42-114-7)71(108)95-64(49(5)97)75(112)85-48(4)65(80)102/h30-33,47-49,52-60,64,96-98H,8-29,34-46,77-78H2,1-7H3,(H2,79,99)(H2,80,102)(H,84,103)(H,85,112)(H,86,100)(H,87,101)(H,88,104)(H,89,107)(H,90,109)(H,91,110)(H,92,111)(H,93,105)(H,94,106)(H,95,108)(H4,81,82,83)/t48-,49+,52-,53-,54-,55-,56-,57-,58-,59-,60-,64-/m0/s1. The summed E-state index contributed by atoms with van der Waals surface area (Å²) in [6.45, 7) is 6.79. The molecule has 0 aliphatic heterocycles. The highest BCUT2D eigenvalue weighted by Gasteiger charge is 2.37. The highest BCUT2D eigenvalue weighted by Crippen LogP contribution is 2.17. The molecule has 0 aromatic heterocycles. The number of thioether (sulfide) groups is 2. The number of guanidine groups is 1. The van der Waals surface area contributed by atoms with E-state index in [0.717, 1.165) is 25.7 Å². The Labute approximate surface area is 679 Å². The maximum absolute atomic E-state index is 14.7. The molecule has 0 fully saturated rings. The lowest BCUT2D eigenvalue weighted by atomic mass is 10.0. The lowest BCUT2D eigenvalue weighted by molar-refractivity contribution is -0.137. The monoisotopic (exact) mass is 1650 g/mol. The van der Waals surface area contributed by atoms with Crippen molar-refractivity contribution in [1.29, 1.82) is 0 Å². The molecule has 27 N–H and O–H groups in total. The van der Waals surface area contributed by atoms with E-state index in [1.807, 2.05) is 6.26 Å². The Kier molecular flexibility index (Phi) is 55.2. The summed E-state index contributed by atoms with van der Waals surface area (Å²) in [7, 11) is 0. The molecule has 12 atom stereocenters. The lowest BCUT2D eigenvalue weighted by Crippen LogP contribution is -2.62. The van der Waals surface area contributed by atoms with Crippen molar-refractivity contribution in [2.45, 2.75) is 287 Å². The second kappa shape index (κ2) is 60.9. The van der Waals surface area contributed by atoms with Gasteiger partial charge in [0.25, 0.3) is 0 Å². The number of primary amides is 2. The quantitative estimate of drug-likeness (QED) is 0.0208. The van der Waals surface area contributed by atoms with Crippen LogP contribution in [0.3, 0.4) is 0 Å². The van der Waals surface area contributed by atoms with Gasteiger partial charge >= 0.3 is 0 Å². The van der Waals surface area contributed by atoms with E-state index in [-0.39, 0.29) is 120 Å². The highest BCUT2D eigenvalue weighted by molar-refractivity contribution is 7.98. The summed E-state index contributed by atoms with van der Waals surface area (Å²) in [5.74, 6) is -12.1. The molecule has 0 radical (unpaired) electrons. The summed E-state index contributed by atoms with van der Waals surface area (Å²) in [5, 5.41) is 61.8. The Morgan fingerprint density at radius 3 is 1.27 bits per heavy atom. The maximum atomic E-state index is 14.7. The first-order chi connectivity index (χ1) is 54.2. The minimum absolute atomic E-state index is 0.0439. The van der Waals surface area contributed by atoms with E-state index >= 15 is 0 Å². The van der Waals surface area contributed by atoms with Gasteiger partial charge in [-0.1, -0.05) is 110 Å². The van der Waals surface area contributed by atoms with Crippen LogP contribution in [-0.4, -0.2) is 233 Å². The molecule has 0 aliphatic carbocycles. The van der Waals surface area contributed by atoms with Crippen LogP contribution >= 0.6 is 23.5 Å². The molecule has 38 heteroatoms. The number of aliphatic hydroxyl groups excluding tert-OH is 2. The number of aliphatic imine (C=N–C) groups is 1. The second-order valence-electron chi connectivity index (χ2n) is 29.0. The van der Waals surface area contributed by atoms with Gasteiger partial charge < -0.3 is 114 Å². The van der Waals surface area contributed by atoms with Crippen LogP contribution in [0.5, 0.6) is 5.75 Å². The molecule has 0 aliphatic rings. The van der Waals surface area contributed by atoms with Crippen LogP contribution in [-0.2, 0) is 73.5 Å². The molecule has 0 unspecified atom stereocenters. The first-order valence-electron chi connectivity index (χ1n) is 39.9. The van der Waals surface area contributed by atoms with E-state index in [1.165, 1.54) is 113 Å². The number of hydrogen-bond donors (Lipinski definition) is 21. The van der Waals surface area contributed by atoms with Crippen molar-refractivity contribution < 1.29 is 82.4 Å². The van der Waals surface area contributed by atoms with E-state index in [1.54, 1.807) is 20.1 Å². The molecule has 114 heavy (non-hydrogen) atoms. The Morgan fingerprint density at radius 2 is 0.833 bits per heavy atom. The predicted octanol–water partition coefficient (Wildman–Crippen LogP) is -1.13. The van der Waals surface area contributed by atoms with Crippen molar-refractivity contribution in [1.82, 2.24) is 63.8 Å². The third-order valence-electron chi connectivity index (χ3n) is 18.5. The van der Waals surface area contributed by atoms with Gasteiger partial charge in [0.1, 0.15) is 72.2 Å². The number of phenolic OH excluding ortho intramolecular Hbond substituents is 1. The molecule has 36 nitrogen and oxygen atoms in total. The van der Waals surface area contributed by atoms with Gasteiger partial charge in [0, 0.05) is 25.8 Å². The van der Waals surface area contributed by atoms with Gasteiger partial charge in [-0.15, -0.1) is 0 Å². The number of rotatable bonds is 65. The zero-order valence-electron chi connectivity index (χ0n) is 67.8. The number of benzene rings is 1. The number of phenols is 1. The van der Waals surface area contributed by atoms with Gasteiger partial charge in [-0.3, -0.25) is 72.1 Å². The van der Waals surface area contributed by atoms with Gasteiger partial charge in [-0.25, -0.2) is 0 Å². The summed E-state index contributed by atoms with van der Waals surface area (Å²) in [4.78, 5) is 197. The number of hydrogen-bond acceptors (Lipinski definition) is 22. The van der Waals surface area contributed by atoms with Gasteiger partial charge in [-0.05, 0) is 158 Å². The normalized spacial score (nSPS) is 14.3. The smallest absolute Gasteiger partial charge is 0.245 e. The average molecular weight is 1650 g/mol. The molecule has 0 bridgehead atoms. The molecule has 0 saturated heterocycles. The number of carbonyl (C=O) groups excluding carboxylic acids is 14. The number of nitrogens with two attached hydrogens (primary N) is 6. The summed E-state index contributed by atoms with van der Waals surface area (Å²) in [6.07, 6.45) is 17.1. The van der Waals surface area contributed by atoms with Crippen molar-refractivity contribution in [3.05, 3.63) is 29.8 Å². The number of amides is 14. The Balaban J connectivity index is 3.58. The fourth-order valence-electron chi connectivity index (χ4n) is 11.9. The molecule has 0 saturated carbocycles. The van der Waals surface area contributed by atoms with Crippen LogP contribution in [0.15, 0.2) is 29.3 Å². The molecular weight excluding hydrogens is 1520 g/mol. The molecule has 0 spiro atoms. The average Bonchev–Trinajstić information content (AvgIpc) is 0.855.